The summed E-state index contributed by atoms with van der Waals surface area (Å²) in [6, 6.07) is 13.5. The number of hydrogen-bond acceptors (Lipinski definition) is 5. The second-order valence-corrected chi connectivity index (χ2v) is 5.72. The van der Waals surface area contributed by atoms with E-state index in [1.165, 1.54) is 16.9 Å². The molecule has 0 fully saturated rings. The predicted molar refractivity (Wildman–Crippen MR) is 98.3 cm³/mol. The van der Waals surface area contributed by atoms with E-state index in [0.29, 0.717) is 17.7 Å². The lowest BCUT2D eigenvalue weighted by molar-refractivity contribution is 0.242. The molecular formula is C19H18FN5O2. The first kappa shape index (κ1) is 18.3. The van der Waals surface area contributed by atoms with Gasteiger partial charge in [0.2, 0.25) is 0 Å². The lowest BCUT2D eigenvalue weighted by Crippen LogP contribution is -2.38. The topological polar surface area (TPSA) is 110 Å². The zero-order chi connectivity index (χ0) is 19.2. The molecule has 2 aromatic heterocycles. The van der Waals surface area contributed by atoms with Crippen LogP contribution in [0.3, 0.4) is 0 Å². The Labute approximate surface area is 154 Å². The Balaban J connectivity index is 1.91. The first-order valence-corrected chi connectivity index (χ1v) is 8.18. The van der Waals surface area contributed by atoms with Crippen LogP contribution in [0.5, 0.6) is 0 Å². The van der Waals surface area contributed by atoms with Gasteiger partial charge in [0.1, 0.15) is 17.4 Å². The van der Waals surface area contributed by atoms with Crippen LogP contribution in [0.4, 0.5) is 9.18 Å². The summed E-state index contributed by atoms with van der Waals surface area (Å²) >= 11 is 0. The zero-order valence-corrected chi connectivity index (χ0v) is 14.4. The highest BCUT2D eigenvalue weighted by Gasteiger charge is 2.12. The van der Waals surface area contributed by atoms with E-state index in [1.807, 2.05) is 24.3 Å². The van der Waals surface area contributed by atoms with Gasteiger partial charge in [-0.25, -0.2) is 13.8 Å². The highest BCUT2D eigenvalue weighted by Crippen LogP contribution is 2.23. The molecule has 0 bridgehead atoms. The average molecular weight is 367 g/mol. The number of pyridine rings is 1. The van der Waals surface area contributed by atoms with E-state index >= 15 is 0 Å². The number of rotatable bonds is 5. The summed E-state index contributed by atoms with van der Waals surface area (Å²) in [6.07, 6.45) is 1.87. The van der Waals surface area contributed by atoms with Gasteiger partial charge < -0.3 is 15.6 Å². The Morgan fingerprint density at radius 2 is 1.96 bits per heavy atom. The van der Waals surface area contributed by atoms with Crippen molar-refractivity contribution in [2.24, 2.45) is 5.73 Å². The summed E-state index contributed by atoms with van der Waals surface area (Å²) in [7, 11) is 0. The molecule has 3 rings (SSSR count). The normalized spacial score (nSPS) is 11.4. The largest absolute Gasteiger partial charge is 0.364 e. The third kappa shape index (κ3) is 4.01. The van der Waals surface area contributed by atoms with Gasteiger partial charge in [-0.05, 0) is 23.3 Å². The third-order valence-corrected chi connectivity index (χ3v) is 3.99. The highest BCUT2D eigenvalue weighted by molar-refractivity contribution is 5.82. The standard InChI is InChI=1S/C19H18FN5O2/c20-10-13(11-21)12-23-19(26)25-17(2-1-3-18(25)22)15-6-4-14(5-7-15)16-8-9-27-24-16/h1-10,22H,11-12,21H2,(H,23,26)/b13-10+,22-18?. The Kier molecular flexibility index (Phi) is 5.58. The molecule has 0 saturated heterocycles. The Morgan fingerprint density at radius 3 is 2.59 bits per heavy atom. The van der Waals surface area contributed by atoms with Gasteiger partial charge in [0, 0.05) is 24.7 Å². The first-order chi connectivity index (χ1) is 13.1. The van der Waals surface area contributed by atoms with Gasteiger partial charge in [0.05, 0.1) is 12.0 Å². The molecule has 0 saturated carbocycles. The molecule has 4 N–H and O–H groups in total. The molecule has 0 aliphatic rings. The van der Waals surface area contributed by atoms with Crippen molar-refractivity contribution in [2.75, 3.05) is 13.1 Å². The molecular weight excluding hydrogens is 349 g/mol. The van der Waals surface area contributed by atoms with Crippen molar-refractivity contribution < 1.29 is 13.7 Å². The molecule has 0 unspecified atom stereocenters. The van der Waals surface area contributed by atoms with Gasteiger partial charge in [0.15, 0.2) is 0 Å². The number of carbonyl (C=O) groups excluding carboxylic acids is 1. The number of aromatic nitrogens is 2. The van der Waals surface area contributed by atoms with Crippen LogP contribution in [0.15, 0.2) is 71.2 Å². The minimum Gasteiger partial charge on any atom is -0.364 e. The first-order valence-electron chi connectivity index (χ1n) is 8.18. The average Bonchev–Trinajstić information content (AvgIpc) is 3.23. The van der Waals surface area contributed by atoms with Crippen LogP contribution in [0, 0.1) is 5.41 Å². The van der Waals surface area contributed by atoms with Crippen LogP contribution < -0.4 is 16.5 Å². The minimum atomic E-state index is -0.538. The SMILES string of the molecule is N=c1cccc(-c2ccc(-c3ccon3)cc2)n1C(=O)NC/C(=C/F)CN. The number of amides is 1. The smallest absolute Gasteiger partial charge is 0.327 e. The fraction of sp³-hybridized carbons (Fsp3) is 0.105. The number of benzene rings is 1. The van der Waals surface area contributed by atoms with E-state index < -0.39 is 6.03 Å². The fourth-order valence-electron chi connectivity index (χ4n) is 2.55. The van der Waals surface area contributed by atoms with Gasteiger partial charge in [-0.15, -0.1) is 0 Å². The summed E-state index contributed by atoms with van der Waals surface area (Å²) < 4.78 is 18.7. The molecule has 1 amide bonds. The van der Waals surface area contributed by atoms with Crippen LogP contribution in [-0.2, 0) is 0 Å². The number of carbonyl (C=O) groups is 1. The maximum atomic E-state index is 12.6. The van der Waals surface area contributed by atoms with Gasteiger partial charge in [-0.2, -0.15) is 0 Å². The van der Waals surface area contributed by atoms with Crippen molar-refractivity contribution >= 4 is 6.03 Å². The Morgan fingerprint density at radius 1 is 1.22 bits per heavy atom. The Bertz CT molecular complexity index is 1010. The lowest BCUT2D eigenvalue weighted by Gasteiger charge is -2.14. The summed E-state index contributed by atoms with van der Waals surface area (Å²) in [5.41, 5.74) is 8.50. The Hall–Kier alpha value is -3.52. The second kappa shape index (κ2) is 8.24. The summed E-state index contributed by atoms with van der Waals surface area (Å²) in [6.45, 7) is -0.0297. The van der Waals surface area contributed by atoms with E-state index in [0.717, 1.165) is 11.1 Å². The van der Waals surface area contributed by atoms with Gasteiger partial charge in [-0.1, -0.05) is 35.5 Å². The van der Waals surface area contributed by atoms with E-state index in [1.54, 1.807) is 18.2 Å². The van der Waals surface area contributed by atoms with Crippen LogP contribution in [-0.4, -0.2) is 28.8 Å². The maximum Gasteiger partial charge on any atom is 0.327 e. The molecule has 3 aromatic rings. The molecule has 27 heavy (non-hydrogen) atoms. The number of nitrogens with two attached hydrogens (primary N) is 1. The third-order valence-electron chi connectivity index (χ3n) is 3.99. The van der Waals surface area contributed by atoms with Crippen LogP contribution in [0.1, 0.15) is 0 Å². The van der Waals surface area contributed by atoms with Gasteiger partial charge in [-0.3, -0.25) is 5.41 Å². The number of halogens is 1. The molecule has 2 heterocycles. The van der Waals surface area contributed by atoms with E-state index in [9.17, 15) is 9.18 Å². The monoisotopic (exact) mass is 367 g/mol. The van der Waals surface area contributed by atoms with Crippen LogP contribution in [0.2, 0.25) is 0 Å². The fourth-order valence-corrected chi connectivity index (χ4v) is 2.55. The van der Waals surface area contributed by atoms with Crippen molar-refractivity contribution in [3.8, 4) is 22.5 Å². The molecule has 0 spiro atoms. The summed E-state index contributed by atoms with van der Waals surface area (Å²) in [5, 5.41) is 14.6. The molecule has 1 aromatic carbocycles. The second-order valence-electron chi connectivity index (χ2n) is 5.72. The van der Waals surface area contributed by atoms with Crippen molar-refractivity contribution in [1.82, 2.24) is 15.0 Å². The molecule has 7 nitrogen and oxygen atoms in total. The van der Waals surface area contributed by atoms with Crippen LogP contribution in [0.25, 0.3) is 22.5 Å². The predicted octanol–water partition coefficient (Wildman–Crippen LogP) is 2.66. The number of nitrogens with zero attached hydrogens (tertiary/aromatic N) is 2. The highest BCUT2D eigenvalue weighted by atomic mass is 19.1. The van der Waals surface area contributed by atoms with E-state index in [4.69, 9.17) is 15.7 Å². The van der Waals surface area contributed by atoms with Crippen molar-refractivity contribution in [3.05, 3.63) is 72.2 Å². The molecule has 138 valence electrons. The van der Waals surface area contributed by atoms with Gasteiger partial charge >= 0.3 is 6.03 Å². The molecule has 0 atom stereocenters. The lowest BCUT2D eigenvalue weighted by atomic mass is 10.1. The zero-order valence-electron chi connectivity index (χ0n) is 14.4. The van der Waals surface area contributed by atoms with Gasteiger partial charge in [0.25, 0.3) is 0 Å². The number of hydrogen-bond donors (Lipinski definition) is 3. The summed E-state index contributed by atoms with van der Waals surface area (Å²) in [5.74, 6) is 0. The molecule has 0 radical (unpaired) electrons. The van der Waals surface area contributed by atoms with Crippen molar-refractivity contribution in [3.63, 3.8) is 0 Å². The molecule has 0 aliphatic heterocycles. The minimum absolute atomic E-state index is 0.000332. The number of nitrogens with one attached hydrogen (secondary N) is 2. The van der Waals surface area contributed by atoms with Crippen molar-refractivity contribution in [1.29, 1.82) is 5.41 Å². The maximum absolute atomic E-state index is 12.6. The van der Waals surface area contributed by atoms with Crippen LogP contribution >= 0.6 is 0 Å². The van der Waals surface area contributed by atoms with Crippen molar-refractivity contribution in [2.45, 2.75) is 0 Å². The molecule has 8 heteroatoms. The van der Waals surface area contributed by atoms with E-state index in [-0.39, 0.29) is 24.2 Å². The molecule has 0 aliphatic carbocycles. The summed E-state index contributed by atoms with van der Waals surface area (Å²) in [4.78, 5) is 12.6. The quantitative estimate of drug-likeness (QED) is 0.644. The van der Waals surface area contributed by atoms with E-state index in [2.05, 4.69) is 10.5 Å².